The molecule has 136 valence electrons. The number of aryl methyl sites for hydroxylation is 1. The highest BCUT2D eigenvalue weighted by Gasteiger charge is 2.32. The molecule has 1 N–H and O–H groups in total. The predicted octanol–water partition coefficient (Wildman–Crippen LogP) is 2.13. The third kappa shape index (κ3) is 6.86. The van der Waals surface area contributed by atoms with Gasteiger partial charge in [0.1, 0.15) is 0 Å². The van der Waals surface area contributed by atoms with Gasteiger partial charge in [0, 0.05) is 19.1 Å². The first-order valence-corrected chi connectivity index (χ1v) is 9.75. The van der Waals surface area contributed by atoms with E-state index in [9.17, 15) is 8.42 Å². The average Bonchev–Trinajstić information content (AvgIpc) is 3.41. The minimum Gasteiger partial charge on any atom is -0.372 e. The first-order chi connectivity index (χ1) is 11.3. The Morgan fingerprint density at radius 3 is 1.96 bits per heavy atom. The number of hydrogen-bond acceptors (Lipinski definition) is 5. The van der Waals surface area contributed by atoms with Crippen LogP contribution in [-0.4, -0.2) is 62.4 Å². The second-order valence-electron chi connectivity index (χ2n) is 6.41. The van der Waals surface area contributed by atoms with E-state index < -0.39 is 10.1 Å². The molecule has 0 radical (unpaired) electrons. The molecule has 3 unspecified atom stereocenters. The summed E-state index contributed by atoms with van der Waals surface area (Å²) in [5.41, 5.74) is 0.956. The Morgan fingerprint density at radius 1 is 1.17 bits per heavy atom. The van der Waals surface area contributed by atoms with Gasteiger partial charge < -0.3 is 9.47 Å². The lowest BCUT2D eigenvalue weighted by Crippen LogP contribution is -2.38. The first kappa shape index (κ1) is 19.3. The minimum atomic E-state index is -4.02. The molecule has 3 atom stereocenters. The van der Waals surface area contributed by atoms with E-state index in [0.29, 0.717) is 18.2 Å². The summed E-state index contributed by atoms with van der Waals surface area (Å²) in [5, 5.41) is 0. The lowest BCUT2D eigenvalue weighted by atomic mass is 10.2. The van der Waals surface area contributed by atoms with E-state index in [-0.39, 0.29) is 4.90 Å². The van der Waals surface area contributed by atoms with Crippen molar-refractivity contribution in [2.75, 3.05) is 26.3 Å². The topological polar surface area (TPSA) is 82.7 Å². The maximum atomic E-state index is 10.5. The Morgan fingerprint density at radius 2 is 1.62 bits per heavy atom. The molecule has 1 aromatic carbocycles. The summed E-state index contributed by atoms with van der Waals surface area (Å²) < 4.78 is 40.1. The van der Waals surface area contributed by atoms with Crippen molar-refractivity contribution >= 4 is 10.1 Å². The fourth-order valence-corrected chi connectivity index (χ4v) is 2.75. The van der Waals surface area contributed by atoms with Crippen LogP contribution in [0.4, 0.5) is 0 Å². The van der Waals surface area contributed by atoms with Crippen LogP contribution in [0.2, 0.25) is 0 Å². The van der Waals surface area contributed by atoms with Gasteiger partial charge in [0.25, 0.3) is 10.1 Å². The summed E-state index contributed by atoms with van der Waals surface area (Å²) in [7, 11) is -4.02. The van der Waals surface area contributed by atoms with Crippen LogP contribution in [0.5, 0.6) is 0 Å². The van der Waals surface area contributed by atoms with Crippen LogP contribution < -0.4 is 0 Å². The number of rotatable bonds is 7. The zero-order valence-corrected chi connectivity index (χ0v) is 15.3. The number of hydrogen-bond donors (Lipinski definition) is 1. The third-order valence-electron chi connectivity index (χ3n) is 4.21. The highest BCUT2D eigenvalue weighted by atomic mass is 32.2. The minimum absolute atomic E-state index is 0.0666. The van der Waals surface area contributed by atoms with Crippen LogP contribution in [0.15, 0.2) is 29.2 Å². The van der Waals surface area contributed by atoms with E-state index in [1.807, 2.05) is 6.92 Å². The second kappa shape index (κ2) is 8.40. The van der Waals surface area contributed by atoms with Gasteiger partial charge in [-0.2, -0.15) is 8.42 Å². The van der Waals surface area contributed by atoms with E-state index in [1.54, 1.807) is 12.1 Å². The van der Waals surface area contributed by atoms with E-state index in [2.05, 4.69) is 18.7 Å². The lowest BCUT2D eigenvalue weighted by Gasteiger charge is -2.26. The molecule has 7 heteroatoms. The van der Waals surface area contributed by atoms with Gasteiger partial charge in [-0.05, 0) is 32.4 Å². The van der Waals surface area contributed by atoms with Crippen molar-refractivity contribution in [1.82, 2.24) is 4.90 Å². The van der Waals surface area contributed by atoms with Crippen molar-refractivity contribution in [2.24, 2.45) is 0 Å². The Labute approximate surface area is 144 Å². The fraction of sp³-hybridized carbons (Fsp3) is 0.647. The number of epoxide rings is 2. The van der Waals surface area contributed by atoms with E-state index in [1.165, 1.54) is 18.6 Å². The summed E-state index contributed by atoms with van der Waals surface area (Å²) >= 11 is 0. The summed E-state index contributed by atoms with van der Waals surface area (Å²) in [6.45, 7) is 10.5. The normalized spacial score (nSPS) is 23.4. The molecule has 0 spiro atoms. The Bertz CT molecular complexity index is 594. The number of nitrogens with zero attached hydrogens (tertiary/aromatic N) is 1. The zero-order chi connectivity index (χ0) is 17.7. The van der Waals surface area contributed by atoms with Crippen LogP contribution in [0.3, 0.4) is 0 Å². The van der Waals surface area contributed by atoms with Crippen molar-refractivity contribution in [2.45, 2.75) is 50.3 Å². The summed E-state index contributed by atoms with van der Waals surface area (Å²) in [4.78, 5) is 2.43. The smallest absolute Gasteiger partial charge is 0.294 e. The predicted molar refractivity (Wildman–Crippen MR) is 91.8 cm³/mol. The monoisotopic (exact) mass is 357 g/mol. The molecule has 6 nitrogen and oxygen atoms in total. The van der Waals surface area contributed by atoms with Gasteiger partial charge in [-0.25, -0.2) is 0 Å². The lowest BCUT2D eigenvalue weighted by molar-refractivity contribution is 0.169. The van der Waals surface area contributed by atoms with E-state index >= 15 is 0 Å². The van der Waals surface area contributed by atoms with Gasteiger partial charge in [0.05, 0.1) is 30.3 Å². The molecule has 24 heavy (non-hydrogen) atoms. The van der Waals surface area contributed by atoms with Crippen molar-refractivity contribution in [3.63, 3.8) is 0 Å². The largest absolute Gasteiger partial charge is 0.372 e. The zero-order valence-electron chi connectivity index (χ0n) is 14.5. The Kier molecular flexibility index (Phi) is 6.77. The van der Waals surface area contributed by atoms with Gasteiger partial charge >= 0.3 is 0 Å². The molecule has 0 amide bonds. The van der Waals surface area contributed by atoms with Crippen LogP contribution in [0.25, 0.3) is 0 Å². The molecule has 0 saturated carbocycles. The van der Waals surface area contributed by atoms with Crippen molar-refractivity contribution in [1.29, 1.82) is 0 Å². The van der Waals surface area contributed by atoms with Crippen LogP contribution in [0.1, 0.15) is 25.8 Å². The van der Waals surface area contributed by atoms with Crippen LogP contribution in [-0.2, 0) is 19.6 Å². The molecule has 2 heterocycles. The van der Waals surface area contributed by atoms with Crippen LogP contribution in [0, 0.1) is 6.92 Å². The molecule has 3 rings (SSSR count). The van der Waals surface area contributed by atoms with Crippen molar-refractivity contribution < 1.29 is 22.4 Å². The number of benzene rings is 1. The maximum absolute atomic E-state index is 10.5. The maximum Gasteiger partial charge on any atom is 0.294 e. The van der Waals surface area contributed by atoms with Gasteiger partial charge in [0.2, 0.25) is 0 Å². The standard InChI is InChI=1S/C10H19NO2.C7H8O3S/c1-3-8(2)11(4-9-6-12-9)5-10-7-13-10;1-6-2-4-7(5-3-6)11(8,9)10/h8-10H,3-7H2,1-2H3;2-5H,1H3,(H,8,9,10). The van der Waals surface area contributed by atoms with Crippen LogP contribution >= 0.6 is 0 Å². The second-order valence-corrected chi connectivity index (χ2v) is 7.83. The van der Waals surface area contributed by atoms with E-state index in [0.717, 1.165) is 31.9 Å². The van der Waals surface area contributed by atoms with Gasteiger partial charge in [-0.15, -0.1) is 0 Å². The molecule has 0 aliphatic carbocycles. The highest BCUT2D eigenvalue weighted by molar-refractivity contribution is 7.85. The van der Waals surface area contributed by atoms with Crippen molar-refractivity contribution in [3.05, 3.63) is 29.8 Å². The fourth-order valence-electron chi connectivity index (χ4n) is 2.27. The Hall–Kier alpha value is -0.990. The van der Waals surface area contributed by atoms with Gasteiger partial charge in [-0.3, -0.25) is 9.45 Å². The quantitative estimate of drug-likeness (QED) is 0.594. The summed E-state index contributed by atoms with van der Waals surface area (Å²) in [5.74, 6) is 0. The van der Waals surface area contributed by atoms with Gasteiger partial charge in [-0.1, -0.05) is 24.6 Å². The molecule has 2 fully saturated rings. The molecule has 0 bridgehead atoms. The molecular formula is C17H27NO5S. The molecule has 2 aliphatic heterocycles. The first-order valence-electron chi connectivity index (χ1n) is 8.31. The molecule has 2 aliphatic rings. The molecule has 0 aromatic heterocycles. The Balaban J connectivity index is 0.000000177. The number of ether oxygens (including phenoxy) is 2. The SMILES string of the molecule is CCC(C)N(CC1CO1)CC1CO1.Cc1ccc(S(=O)(=O)O)cc1. The average molecular weight is 357 g/mol. The van der Waals surface area contributed by atoms with Gasteiger partial charge in [0.15, 0.2) is 0 Å². The van der Waals surface area contributed by atoms with E-state index in [4.69, 9.17) is 14.0 Å². The molecular weight excluding hydrogens is 330 g/mol. The van der Waals surface area contributed by atoms with Crippen molar-refractivity contribution in [3.8, 4) is 0 Å². The molecule has 1 aromatic rings. The summed E-state index contributed by atoms with van der Waals surface area (Å²) in [6, 6.07) is 6.65. The summed E-state index contributed by atoms with van der Waals surface area (Å²) in [6.07, 6.45) is 2.22. The molecule has 2 saturated heterocycles. The highest BCUT2D eigenvalue weighted by Crippen LogP contribution is 2.18. The third-order valence-corrected chi connectivity index (χ3v) is 5.08.